The van der Waals surface area contributed by atoms with Gasteiger partial charge in [-0.05, 0) is 36.4 Å². The van der Waals surface area contributed by atoms with Crippen molar-refractivity contribution in [2.45, 2.75) is 6.18 Å². The minimum absolute atomic E-state index is 0.0323. The van der Waals surface area contributed by atoms with Crippen LogP contribution in [-0.2, 0) is 6.18 Å². The molecule has 4 nitrogen and oxygen atoms in total. The van der Waals surface area contributed by atoms with Crippen LogP contribution >= 0.6 is 0 Å². The van der Waals surface area contributed by atoms with Crippen molar-refractivity contribution in [1.29, 1.82) is 0 Å². The van der Waals surface area contributed by atoms with Crippen LogP contribution in [0.3, 0.4) is 0 Å². The van der Waals surface area contributed by atoms with E-state index in [1.54, 1.807) is 12.1 Å². The Bertz CT molecular complexity index is 851. The van der Waals surface area contributed by atoms with Gasteiger partial charge in [0.25, 0.3) is 5.91 Å². The molecule has 0 aromatic heterocycles. The second kappa shape index (κ2) is 8.30. The molecule has 0 aliphatic rings. The van der Waals surface area contributed by atoms with Gasteiger partial charge in [-0.25, -0.2) is 0 Å². The number of amides is 1. The van der Waals surface area contributed by atoms with Crippen molar-refractivity contribution >= 4 is 5.91 Å². The van der Waals surface area contributed by atoms with Crippen LogP contribution in [0.2, 0.25) is 0 Å². The Hall–Kier alpha value is -3.14. The second-order valence-corrected chi connectivity index (χ2v) is 5.13. The molecule has 1 N–H and O–H groups in total. The fraction of sp³-hybridized carbons (Fsp3) is 0.211. The molecule has 0 heterocycles. The number of hydrogen-bond donors (Lipinski definition) is 1. The van der Waals surface area contributed by atoms with E-state index in [-0.39, 0.29) is 17.7 Å². The summed E-state index contributed by atoms with van der Waals surface area (Å²) in [5.74, 6) is 5.65. The summed E-state index contributed by atoms with van der Waals surface area (Å²) in [7, 11) is 2.91. The third-order valence-electron chi connectivity index (χ3n) is 3.41. The van der Waals surface area contributed by atoms with Crippen molar-refractivity contribution in [3.8, 4) is 23.3 Å². The summed E-state index contributed by atoms with van der Waals surface area (Å²) in [5.41, 5.74) is -0.282. The molecular formula is C19H16F3NO3. The molecule has 0 bridgehead atoms. The van der Waals surface area contributed by atoms with Crippen molar-refractivity contribution in [3.05, 3.63) is 59.2 Å². The maximum absolute atomic E-state index is 12.7. The van der Waals surface area contributed by atoms with Crippen molar-refractivity contribution in [2.24, 2.45) is 0 Å². The van der Waals surface area contributed by atoms with Crippen LogP contribution in [0.1, 0.15) is 21.5 Å². The van der Waals surface area contributed by atoms with Crippen molar-refractivity contribution < 1.29 is 27.4 Å². The van der Waals surface area contributed by atoms with E-state index in [1.807, 2.05) is 0 Å². The molecule has 0 unspecified atom stereocenters. The third kappa shape index (κ3) is 4.93. The van der Waals surface area contributed by atoms with Crippen LogP contribution in [0.5, 0.6) is 11.5 Å². The number of benzene rings is 2. The SMILES string of the molecule is COc1ccc(OC)c(C(=O)NCC#Cc2cccc(C(F)(F)F)c2)c1. The van der Waals surface area contributed by atoms with E-state index in [1.165, 1.54) is 32.4 Å². The number of alkyl halides is 3. The Kier molecular flexibility index (Phi) is 6.12. The average molecular weight is 363 g/mol. The van der Waals surface area contributed by atoms with Gasteiger partial charge in [0, 0.05) is 5.56 Å². The smallest absolute Gasteiger partial charge is 0.416 e. The normalized spacial score (nSPS) is 10.5. The molecule has 1 amide bonds. The van der Waals surface area contributed by atoms with Gasteiger partial charge in [0.15, 0.2) is 0 Å². The number of nitrogens with one attached hydrogen (secondary N) is 1. The zero-order valence-corrected chi connectivity index (χ0v) is 14.1. The zero-order chi connectivity index (χ0) is 19.2. The van der Waals surface area contributed by atoms with Crippen molar-refractivity contribution in [1.82, 2.24) is 5.32 Å². The number of halogens is 3. The van der Waals surface area contributed by atoms with Gasteiger partial charge in [-0.3, -0.25) is 4.79 Å². The summed E-state index contributed by atoms with van der Waals surface area (Å²) in [6.45, 7) is -0.0323. The summed E-state index contributed by atoms with van der Waals surface area (Å²) in [5, 5.41) is 2.57. The molecule has 0 aliphatic heterocycles. The van der Waals surface area contributed by atoms with E-state index in [4.69, 9.17) is 9.47 Å². The van der Waals surface area contributed by atoms with E-state index < -0.39 is 17.6 Å². The second-order valence-electron chi connectivity index (χ2n) is 5.13. The lowest BCUT2D eigenvalue weighted by atomic mass is 10.1. The van der Waals surface area contributed by atoms with E-state index in [0.717, 1.165) is 12.1 Å². The molecule has 0 radical (unpaired) electrons. The first-order valence-electron chi connectivity index (χ1n) is 7.51. The molecule has 2 aromatic carbocycles. The molecule has 0 atom stereocenters. The summed E-state index contributed by atoms with van der Waals surface area (Å²) in [4.78, 5) is 12.2. The van der Waals surface area contributed by atoms with Gasteiger partial charge in [-0.1, -0.05) is 17.9 Å². The quantitative estimate of drug-likeness (QED) is 0.846. The standard InChI is InChI=1S/C19H16F3NO3/c1-25-15-8-9-17(26-2)16(12-15)18(24)23-10-4-6-13-5-3-7-14(11-13)19(20,21)22/h3,5,7-9,11-12H,10H2,1-2H3,(H,23,24). The van der Waals surface area contributed by atoms with Crippen LogP contribution in [0.15, 0.2) is 42.5 Å². The van der Waals surface area contributed by atoms with Gasteiger partial charge in [0.05, 0.1) is 31.9 Å². The molecule has 2 rings (SSSR count). The first-order chi connectivity index (χ1) is 12.3. The van der Waals surface area contributed by atoms with Gasteiger partial charge in [-0.15, -0.1) is 0 Å². The Morgan fingerprint density at radius 3 is 2.54 bits per heavy atom. The maximum atomic E-state index is 12.7. The summed E-state index contributed by atoms with van der Waals surface area (Å²) >= 11 is 0. The minimum Gasteiger partial charge on any atom is -0.497 e. The van der Waals surface area contributed by atoms with Crippen LogP contribution in [-0.4, -0.2) is 26.7 Å². The maximum Gasteiger partial charge on any atom is 0.416 e. The molecule has 0 fully saturated rings. The highest BCUT2D eigenvalue weighted by atomic mass is 19.4. The number of ether oxygens (including phenoxy) is 2. The Labute approximate surface area is 148 Å². The summed E-state index contributed by atoms with van der Waals surface area (Å²) in [6.07, 6.45) is -4.42. The Balaban J connectivity index is 2.05. The third-order valence-corrected chi connectivity index (χ3v) is 3.41. The van der Waals surface area contributed by atoms with E-state index in [2.05, 4.69) is 17.2 Å². The Morgan fingerprint density at radius 1 is 1.12 bits per heavy atom. The fourth-order valence-corrected chi connectivity index (χ4v) is 2.13. The summed E-state index contributed by atoms with van der Waals surface area (Å²) < 4.78 is 48.2. The van der Waals surface area contributed by atoms with Crippen LogP contribution in [0.4, 0.5) is 13.2 Å². The van der Waals surface area contributed by atoms with Gasteiger partial charge in [0.1, 0.15) is 11.5 Å². The van der Waals surface area contributed by atoms with E-state index in [0.29, 0.717) is 11.5 Å². The molecule has 26 heavy (non-hydrogen) atoms. The molecule has 0 spiro atoms. The highest BCUT2D eigenvalue weighted by Crippen LogP contribution is 2.29. The minimum atomic E-state index is -4.42. The monoisotopic (exact) mass is 363 g/mol. The predicted octanol–water partition coefficient (Wildman–Crippen LogP) is 3.50. The van der Waals surface area contributed by atoms with Gasteiger partial charge < -0.3 is 14.8 Å². The first kappa shape index (κ1) is 19.2. The number of carbonyl (C=O) groups excluding carboxylic acids is 1. The lowest BCUT2D eigenvalue weighted by Crippen LogP contribution is -2.24. The summed E-state index contributed by atoms with van der Waals surface area (Å²) in [6, 6.07) is 9.46. The average Bonchev–Trinajstić information content (AvgIpc) is 2.64. The number of methoxy groups -OCH3 is 2. The van der Waals surface area contributed by atoms with Crippen molar-refractivity contribution in [2.75, 3.05) is 20.8 Å². The van der Waals surface area contributed by atoms with Gasteiger partial charge >= 0.3 is 6.18 Å². The zero-order valence-electron chi connectivity index (χ0n) is 14.1. The number of hydrogen-bond acceptors (Lipinski definition) is 3. The van der Waals surface area contributed by atoms with Crippen LogP contribution in [0.25, 0.3) is 0 Å². The molecule has 0 saturated heterocycles. The van der Waals surface area contributed by atoms with Crippen LogP contribution < -0.4 is 14.8 Å². The molecule has 0 aliphatic carbocycles. The van der Waals surface area contributed by atoms with Gasteiger partial charge in [-0.2, -0.15) is 13.2 Å². The topological polar surface area (TPSA) is 47.6 Å². The molecule has 2 aromatic rings. The van der Waals surface area contributed by atoms with E-state index in [9.17, 15) is 18.0 Å². The largest absolute Gasteiger partial charge is 0.497 e. The molecule has 7 heteroatoms. The highest BCUT2D eigenvalue weighted by Gasteiger charge is 2.30. The first-order valence-corrected chi connectivity index (χ1v) is 7.51. The molecule has 136 valence electrons. The number of carbonyl (C=O) groups is 1. The van der Waals surface area contributed by atoms with Crippen LogP contribution in [0, 0.1) is 11.8 Å². The van der Waals surface area contributed by atoms with E-state index >= 15 is 0 Å². The molecule has 0 saturated carbocycles. The van der Waals surface area contributed by atoms with Crippen molar-refractivity contribution in [3.63, 3.8) is 0 Å². The lowest BCUT2D eigenvalue weighted by Gasteiger charge is -2.09. The fourth-order valence-electron chi connectivity index (χ4n) is 2.13. The molecular weight excluding hydrogens is 347 g/mol. The highest BCUT2D eigenvalue weighted by molar-refractivity contribution is 5.97. The number of rotatable bonds is 4. The Morgan fingerprint density at radius 2 is 1.88 bits per heavy atom. The van der Waals surface area contributed by atoms with Gasteiger partial charge in [0.2, 0.25) is 0 Å². The lowest BCUT2D eigenvalue weighted by molar-refractivity contribution is -0.137. The predicted molar refractivity (Wildman–Crippen MR) is 90.2 cm³/mol.